The lowest BCUT2D eigenvalue weighted by atomic mass is 10.0. The topological polar surface area (TPSA) is 50.7 Å². The number of hydrogen-bond acceptors (Lipinski definition) is 4. The largest absolute Gasteiger partial charge is 0.497 e. The van der Waals surface area contributed by atoms with Gasteiger partial charge in [0.2, 0.25) is 0 Å². The lowest BCUT2D eigenvalue weighted by molar-refractivity contribution is 0.131. The molecule has 1 aromatic carbocycles. The van der Waals surface area contributed by atoms with E-state index in [1.165, 1.54) is 0 Å². The SMILES string of the molecule is COc1cc(OC)cc(C(O)C(C)NC(C)C)c1. The van der Waals surface area contributed by atoms with Gasteiger partial charge in [-0.1, -0.05) is 13.8 Å². The van der Waals surface area contributed by atoms with Crippen molar-refractivity contribution in [2.75, 3.05) is 14.2 Å². The molecule has 0 bridgehead atoms. The Bertz CT molecular complexity index is 357. The van der Waals surface area contributed by atoms with Crippen molar-refractivity contribution in [3.8, 4) is 11.5 Å². The minimum absolute atomic E-state index is 0.0400. The molecule has 102 valence electrons. The van der Waals surface area contributed by atoms with E-state index in [0.29, 0.717) is 17.5 Å². The van der Waals surface area contributed by atoms with Gasteiger partial charge in [0.15, 0.2) is 0 Å². The summed E-state index contributed by atoms with van der Waals surface area (Å²) in [7, 11) is 3.20. The van der Waals surface area contributed by atoms with Gasteiger partial charge in [0.25, 0.3) is 0 Å². The van der Waals surface area contributed by atoms with Gasteiger partial charge in [0, 0.05) is 18.2 Å². The van der Waals surface area contributed by atoms with Gasteiger partial charge in [0.05, 0.1) is 20.3 Å². The molecule has 0 amide bonds. The first-order valence-corrected chi connectivity index (χ1v) is 6.15. The summed E-state index contributed by atoms with van der Waals surface area (Å²) in [5.74, 6) is 1.36. The molecule has 4 nitrogen and oxygen atoms in total. The zero-order valence-corrected chi connectivity index (χ0v) is 11.7. The lowest BCUT2D eigenvalue weighted by Gasteiger charge is -2.23. The van der Waals surface area contributed by atoms with Crippen LogP contribution in [0.3, 0.4) is 0 Å². The third-order valence-corrected chi connectivity index (χ3v) is 2.79. The van der Waals surface area contributed by atoms with Crippen molar-refractivity contribution in [3.05, 3.63) is 23.8 Å². The predicted molar refractivity (Wildman–Crippen MR) is 72.2 cm³/mol. The van der Waals surface area contributed by atoms with E-state index in [1.54, 1.807) is 20.3 Å². The molecule has 1 aromatic rings. The van der Waals surface area contributed by atoms with Gasteiger partial charge in [0.1, 0.15) is 11.5 Å². The fourth-order valence-corrected chi connectivity index (χ4v) is 1.91. The quantitative estimate of drug-likeness (QED) is 0.815. The molecule has 0 saturated carbocycles. The third-order valence-electron chi connectivity index (χ3n) is 2.79. The first kappa shape index (κ1) is 14.8. The van der Waals surface area contributed by atoms with Gasteiger partial charge in [-0.3, -0.25) is 0 Å². The van der Waals surface area contributed by atoms with Crippen LogP contribution < -0.4 is 14.8 Å². The standard InChI is InChI=1S/C14H23NO3/c1-9(2)15-10(3)14(16)11-6-12(17-4)8-13(7-11)18-5/h6-10,14-16H,1-5H3. The summed E-state index contributed by atoms with van der Waals surface area (Å²) in [6.45, 7) is 6.06. The van der Waals surface area contributed by atoms with Gasteiger partial charge < -0.3 is 19.9 Å². The van der Waals surface area contributed by atoms with Crippen molar-refractivity contribution in [1.82, 2.24) is 5.32 Å². The molecular weight excluding hydrogens is 230 g/mol. The lowest BCUT2D eigenvalue weighted by Crippen LogP contribution is -2.36. The van der Waals surface area contributed by atoms with Crippen LogP contribution in [0.5, 0.6) is 11.5 Å². The fourth-order valence-electron chi connectivity index (χ4n) is 1.91. The fraction of sp³-hybridized carbons (Fsp3) is 0.571. The van der Waals surface area contributed by atoms with E-state index < -0.39 is 6.10 Å². The van der Waals surface area contributed by atoms with Gasteiger partial charge in [-0.2, -0.15) is 0 Å². The summed E-state index contributed by atoms with van der Waals surface area (Å²) in [5, 5.41) is 13.6. The molecule has 0 saturated heterocycles. The van der Waals surface area contributed by atoms with Crippen molar-refractivity contribution in [2.24, 2.45) is 0 Å². The molecule has 0 heterocycles. The summed E-state index contributed by atoms with van der Waals surface area (Å²) in [6.07, 6.45) is -0.601. The first-order valence-electron chi connectivity index (χ1n) is 6.15. The summed E-state index contributed by atoms with van der Waals surface area (Å²) >= 11 is 0. The highest BCUT2D eigenvalue weighted by atomic mass is 16.5. The molecule has 0 radical (unpaired) electrons. The molecule has 0 spiro atoms. The average molecular weight is 253 g/mol. The van der Waals surface area contributed by atoms with Crippen LogP contribution in [0, 0.1) is 0 Å². The molecule has 1 rings (SSSR count). The Labute approximate surface area is 109 Å². The molecule has 4 heteroatoms. The Hall–Kier alpha value is -1.26. The molecule has 0 aliphatic carbocycles. The highest BCUT2D eigenvalue weighted by molar-refractivity contribution is 5.39. The van der Waals surface area contributed by atoms with E-state index in [0.717, 1.165) is 5.56 Å². The number of aliphatic hydroxyl groups is 1. The molecule has 0 aliphatic heterocycles. The maximum absolute atomic E-state index is 10.3. The van der Waals surface area contributed by atoms with Crippen LogP contribution >= 0.6 is 0 Å². The van der Waals surface area contributed by atoms with E-state index >= 15 is 0 Å². The second kappa shape index (κ2) is 6.61. The van der Waals surface area contributed by atoms with Crippen molar-refractivity contribution < 1.29 is 14.6 Å². The van der Waals surface area contributed by atoms with Crippen molar-refractivity contribution in [3.63, 3.8) is 0 Å². The maximum atomic E-state index is 10.3. The molecule has 0 fully saturated rings. The van der Waals surface area contributed by atoms with Gasteiger partial charge in [-0.25, -0.2) is 0 Å². The van der Waals surface area contributed by atoms with Gasteiger partial charge in [-0.05, 0) is 24.6 Å². The minimum Gasteiger partial charge on any atom is -0.497 e. The summed E-state index contributed by atoms with van der Waals surface area (Å²) in [6, 6.07) is 5.72. The van der Waals surface area contributed by atoms with Crippen molar-refractivity contribution >= 4 is 0 Å². The molecule has 2 unspecified atom stereocenters. The number of ether oxygens (including phenoxy) is 2. The van der Waals surface area contributed by atoms with Crippen LogP contribution in [0.15, 0.2) is 18.2 Å². The van der Waals surface area contributed by atoms with Crippen LogP contribution in [0.4, 0.5) is 0 Å². The smallest absolute Gasteiger partial charge is 0.122 e. The van der Waals surface area contributed by atoms with Gasteiger partial charge >= 0.3 is 0 Å². The Morgan fingerprint density at radius 2 is 1.50 bits per heavy atom. The number of benzene rings is 1. The second-order valence-electron chi connectivity index (χ2n) is 4.70. The normalized spacial score (nSPS) is 14.4. The molecule has 0 aromatic heterocycles. The van der Waals surface area contributed by atoms with E-state index in [2.05, 4.69) is 19.2 Å². The number of hydrogen-bond donors (Lipinski definition) is 2. The zero-order chi connectivity index (χ0) is 13.7. The molecule has 2 N–H and O–H groups in total. The molecular formula is C14H23NO3. The second-order valence-corrected chi connectivity index (χ2v) is 4.70. The van der Waals surface area contributed by atoms with E-state index in [-0.39, 0.29) is 6.04 Å². The summed E-state index contributed by atoms with van der Waals surface area (Å²) in [4.78, 5) is 0. The van der Waals surface area contributed by atoms with Crippen LogP contribution in [0.1, 0.15) is 32.4 Å². The Morgan fingerprint density at radius 1 is 1.00 bits per heavy atom. The predicted octanol–water partition coefficient (Wildman–Crippen LogP) is 2.12. The number of aliphatic hydroxyl groups excluding tert-OH is 1. The maximum Gasteiger partial charge on any atom is 0.122 e. The Kier molecular flexibility index (Phi) is 5.44. The van der Waals surface area contributed by atoms with E-state index in [9.17, 15) is 5.11 Å². The third kappa shape index (κ3) is 3.89. The van der Waals surface area contributed by atoms with Crippen LogP contribution in [-0.4, -0.2) is 31.4 Å². The highest BCUT2D eigenvalue weighted by Crippen LogP contribution is 2.27. The first-order chi connectivity index (χ1) is 8.47. The summed E-state index contributed by atoms with van der Waals surface area (Å²) in [5.41, 5.74) is 0.784. The van der Waals surface area contributed by atoms with Crippen LogP contribution in [-0.2, 0) is 0 Å². The molecule has 18 heavy (non-hydrogen) atoms. The highest BCUT2D eigenvalue weighted by Gasteiger charge is 2.18. The monoisotopic (exact) mass is 253 g/mol. The van der Waals surface area contributed by atoms with Crippen LogP contribution in [0.2, 0.25) is 0 Å². The zero-order valence-electron chi connectivity index (χ0n) is 11.7. The van der Waals surface area contributed by atoms with Crippen molar-refractivity contribution in [1.29, 1.82) is 0 Å². The summed E-state index contributed by atoms with van der Waals surface area (Å²) < 4.78 is 10.4. The van der Waals surface area contributed by atoms with Gasteiger partial charge in [-0.15, -0.1) is 0 Å². The van der Waals surface area contributed by atoms with Crippen molar-refractivity contribution in [2.45, 2.75) is 39.0 Å². The number of nitrogens with one attached hydrogen (secondary N) is 1. The Morgan fingerprint density at radius 3 is 1.89 bits per heavy atom. The van der Waals surface area contributed by atoms with Crippen LogP contribution in [0.25, 0.3) is 0 Å². The Balaban J connectivity index is 2.93. The number of methoxy groups -OCH3 is 2. The molecule has 0 aliphatic rings. The average Bonchev–Trinajstić information content (AvgIpc) is 2.36. The number of rotatable bonds is 6. The van der Waals surface area contributed by atoms with E-state index in [1.807, 2.05) is 19.1 Å². The minimum atomic E-state index is -0.601. The molecule has 2 atom stereocenters. The van der Waals surface area contributed by atoms with E-state index in [4.69, 9.17) is 9.47 Å².